The van der Waals surface area contributed by atoms with E-state index in [1.54, 1.807) is 12.1 Å². The van der Waals surface area contributed by atoms with Crippen molar-refractivity contribution in [3.05, 3.63) is 39.8 Å². The lowest BCUT2D eigenvalue weighted by atomic mass is 10.1. The number of nitriles is 1. The van der Waals surface area contributed by atoms with E-state index in [2.05, 4.69) is 37.1 Å². The van der Waals surface area contributed by atoms with Gasteiger partial charge in [-0.3, -0.25) is 4.79 Å². The molecule has 2 heterocycles. The largest absolute Gasteiger partial charge is 0.507 e. The summed E-state index contributed by atoms with van der Waals surface area (Å²) in [4.78, 5) is 17.7. The Kier molecular flexibility index (Phi) is 6.58. The number of ether oxygens (including phenoxy) is 1. The Morgan fingerprint density at radius 1 is 1.50 bits per heavy atom. The summed E-state index contributed by atoms with van der Waals surface area (Å²) in [5, 5.41) is 33.8. The number of benzene rings is 1. The Bertz CT molecular complexity index is 1210. The van der Waals surface area contributed by atoms with Crippen molar-refractivity contribution >= 4 is 46.2 Å². The Morgan fingerprint density at radius 2 is 2.38 bits per heavy atom. The molecule has 0 aliphatic heterocycles. The highest BCUT2D eigenvalue weighted by molar-refractivity contribution is 7.99. The van der Waals surface area contributed by atoms with Gasteiger partial charge in [0.25, 0.3) is 0 Å². The molecule has 4 rings (SSSR count). The number of carbonyl (C=O) groups excluding carboxylic acids is 1. The monoisotopic (exact) mass is 469 g/mol. The van der Waals surface area contributed by atoms with Crippen molar-refractivity contribution in [3.8, 4) is 17.6 Å². The number of aromatic hydroxyl groups is 1. The molecule has 0 bridgehead atoms. The van der Waals surface area contributed by atoms with Gasteiger partial charge in [0.2, 0.25) is 17.0 Å². The van der Waals surface area contributed by atoms with Crippen LogP contribution in [0.5, 0.6) is 11.5 Å². The molecular weight excluding hydrogens is 450 g/mol. The van der Waals surface area contributed by atoms with Gasteiger partial charge in [-0.05, 0) is 43.0 Å². The van der Waals surface area contributed by atoms with E-state index in [4.69, 9.17) is 4.74 Å². The van der Waals surface area contributed by atoms with E-state index in [1.807, 2.05) is 0 Å². The number of nitrogens with one attached hydrogen (secondary N) is 3. The first-order valence-electron chi connectivity index (χ1n) is 9.63. The van der Waals surface area contributed by atoms with Crippen LogP contribution in [-0.2, 0) is 17.6 Å². The summed E-state index contributed by atoms with van der Waals surface area (Å²) in [6.07, 6.45) is 4.34. The van der Waals surface area contributed by atoms with E-state index in [1.165, 1.54) is 35.6 Å². The van der Waals surface area contributed by atoms with Crippen molar-refractivity contribution in [2.75, 3.05) is 23.6 Å². The molecule has 1 aliphatic carbocycles. The number of hydrazone groups is 1. The number of phenolic OH excluding ortho intramolecular Hbond substituents is 1. The quantitative estimate of drug-likeness (QED) is 0.223. The van der Waals surface area contributed by atoms with Crippen molar-refractivity contribution in [2.24, 2.45) is 5.10 Å². The second-order valence-corrected chi connectivity index (χ2v) is 8.82. The van der Waals surface area contributed by atoms with Gasteiger partial charge >= 0.3 is 0 Å². The van der Waals surface area contributed by atoms with Crippen LogP contribution in [0.4, 0.5) is 10.9 Å². The standard InChI is InChI=1S/C20H19N7O3S2/c1-30-12-5-6-15(28)11(7-12)9-22-25-19-24-20(27-26-19)31-10-17(29)23-18-14(8-21)13-3-2-4-16(13)32-18/h5-7,9,28H,2-4,10H2,1H3,(H,23,29)(H2,24,25,26,27)/b22-9-. The molecule has 0 spiro atoms. The van der Waals surface area contributed by atoms with E-state index in [-0.39, 0.29) is 23.4 Å². The molecule has 164 valence electrons. The number of nitrogens with zero attached hydrogens (tertiary/aromatic N) is 4. The number of thioether (sulfide) groups is 1. The van der Waals surface area contributed by atoms with Crippen molar-refractivity contribution in [3.63, 3.8) is 0 Å². The van der Waals surface area contributed by atoms with E-state index < -0.39 is 0 Å². The van der Waals surface area contributed by atoms with E-state index in [9.17, 15) is 15.2 Å². The molecule has 0 atom stereocenters. The molecule has 3 aromatic rings. The molecular formula is C20H19N7O3S2. The van der Waals surface area contributed by atoms with Crippen molar-refractivity contribution in [2.45, 2.75) is 24.4 Å². The number of aromatic amines is 1. The first kappa shape index (κ1) is 21.7. The van der Waals surface area contributed by atoms with Crippen LogP contribution in [0, 0.1) is 11.3 Å². The van der Waals surface area contributed by atoms with Gasteiger partial charge in [-0.15, -0.1) is 16.4 Å². The molecule has 0 saturated heterocycles. The molecule has 10 nitrogen and oxygen atoms in total. The van der Waals surface area contributed by atoms with Gasteiger partial charge in [0.1, 0.15) is 22.6 Å². The van der Waals surface area contributed by atoms with E-state index in [0.717, 1.165) is 36.6 Å². The van der Waals surface area contributed by atoms with Crippen LogP contribution in [0.25, 0.3) is 0 Å². The zero-order chi connectivity index (χ0) is 22.5. The average molecular weight is 470 g/mol. The van der Waals surface area contributed by atoms with Crippen molar-refractivity contribution < 1.29 is 14.6 Å². The number of anilines is 2. The van der Waals surface area contributed by atoms with Gasteiger partial charge < -0.3 is 15.2 Å². The third-order valence-corrected chi connectivity index (χ3v) is 6.75. The fourth-order valence-electron chi connectivity index (χ4n) is 3.19. The lowest BCUT2D eigenvalue weighted by molar-refractivity contribution is -0.113. The SMILES string of the molecule is COc1ccc(O)c(/C=N\Nc2nc(SCC(=O)Nc3sc4c(c3C#N)CCC4)n[nH]2)c1. The number of rotatable bonds is 8. The Hall–Kier alpha value is -3.56. The number of phenols is 1. The van der Waals surface area contributed by atoms with E-state index >= 15 is 0 Å². The van der Waals surface area contributed by atoms with Gasteiger partial charge in [-0.2, -0.15) is 15.3 Å². The minimum atomic E-state index is -0.225. The highest BCUT2D eigenvalue weighted by atomic mass is 32.2. The second-order valence-electron chi connectivity index (χ2n) is 6.77. The fourth-order valence-corrected chi connectivity index (χ4v) is 5.04. The molecule has 0 saturated carbocycles. The van der Waals surface area contributed by atoms with Crippen LogP contribution in [-0.4, -0.2) is 45.3 Å². The first-order valence-corrected chi connectivity index (χ1v) is 11.4. The summed E-state index contributed by atoms with van der Waals surface area (Å²) < 4.78 is 5.12. The predicted molar refractivity (Wildman–Crippen MR) is 123 cm³/mol. The highest BCUT2D eigenvalue weighted by Gasteiger charge is 2.23. The van der Waals surface area contributed by atoms with Gasteiger partial charge in [-0.25, -0.2) is 10.5 Å². The summed E-state index contributed by atoms with van der Waals surface area (Å²) >= 11 is 2.64. The van der Waals surface area contributed by atoms with Crippen molar-refractivity contribution in [1.82, 2.24) is 15.2 Å². The third-order valence-electron chi connectivity index (χ3n) is 4.69. The lowest BCUT2D eigenvalue weighted by Gasteiger charge is -2.03. The summed E-state index contributed by atoms with van der Waals surface area (Å²) in [5.74, 6) is 0.818. The topological polar surface area (TPSA) is 148 Å². The van der Waals surface area contributed by atoms with Crippen LogP contribution in [0.1, 0.15) is 28.0 Å². The van der Waals surface area contributed by atoms with Gasteiger partial charge in [0.05, 0.1) is 24.6 Å². The smallest absolute Gasteiger partial charge is 0.240 e. The minimum Gasteiger partial charge on any atom is -0.507 e. The average Bonchev–Trinajstić information content (AvgIpc) is 3.50. The summed E-state index contributed by atoms with van der Waals surface area (Å²) in [6, 6.07) is 7.01. The zero-order valence-electron chi connectivity index (χ0n) is 17.0. The maximum absolute atomic E-state index is 12.3. The predicted octanol–water partition coefficient (Wildman–Crippen LogP) is 3.12. The van der Waals surface area contributed by atoms with Gasteiger partial charge in [-0.1, -0.05) is 11.8 Å². The number of H-pyrrole nitrogens is 1. The Morgan fingerprint density at radius 3 is 3.19 bits per heavy atom. The third kappa shape index (κ3) is 4.84. The molecule has 2 aromatic heterocycles. The van der Waals surface area contributed by atoms with Crippen molar-refractivity contribution in [1.29, 1.82) is 5.26 Å². The number of carbonyl (C=O) groups is 1. The maximum Gasteiger partial charge on any atom is 0.240 e. The summed E-state index contributed by atoms with van der Waals surface area (Å²) in [7, 11) is 1.54. The fraction of sp³-hybridized carbons (Fsp3) is 0.250. The first-order chi connectivity index (χ1) is 15.6. The molecule has 0 unspecified atom stereocenters. The number of methoxy groups -OCH3 is 1. The molecule has 32 heavy (non-hydrogen) atoms. The number of thiophene rings is 1. The normalized spacial score (nSPS) is 12.5. The number of hydrogen-bond acceptors (Lipinski definition) is 10. The van der Waals surface area contributed by atoms with Crippen LogP contribution in [0.3, 0.4) is 0 Å². The number of hydrogen-bond donors (Lipinski definition) is 4. The lowest BCUT2D eigenvalue weighted by Crippen LogP contribution is -2.14. The number of aryl methyl sites for hydroxylation is 1. The molecule has 1 aromatic carbocycles. The Labute approximate surface area is 191 Å². The Balaban J connectivity index is 1.29. The molecule has 1 aliphatic rings. The number of amides is 1. The molecule has 4 N–H and O–H groups in total. The van der Waals surface area contributed by atoms with Crippen LogP contribution in [0.2, 0.25) is 0 Å². The molecule has 0 fully saturated rings. The van der Waals surface area contributed by atoms with E-state index in [0.29, 0.717) is 27.0 Å². The zero-order valence-corrected chi connectivity index (χ0v) is 18.6. The summed E-state index contributed by atoms with van der Waals surface area (Å²) in [6.45, 7) is 0. The minimum absolute atomic E-state index is 0.0618. The van der Waals surface area contributed by atoms with Crippen LogP contribution in [0.15, 0.2) is 28.5 Å². The molecule has 0 radical (unpaired) electrons. The maximum atomic E-state index is 12.3. The van der Waals surface area contributed by atoms with Gasteiger partial charge in [0, 0.05) is 10.4 Å². The number of aromatic nitrogens is 3. The molecule has 1 amide bonds. The number of fused-ring (bicyclic) bond motifs is 1. The van der Waals surface area contributed by atoms with Gasteiger partial charge in [0.15, 0.2) is 0 Å². The highest BCUT2D eigenvalue weighted by Crippen LogP contribution is 2.38. The molecule has 12 heteroatoms. The van der Waals surface area contributed by atoms with Crippen LogP contribution < -0.4 is 15.5 Å². The summed E-state index contributed by atoms with van der Waals surface area (Å²) in [5.41, 5.74) is 4.82. The second kappa shape index (κ2) is 9.71. The van der Waals surface area contributed by atoms with Crippen LogP contribution >= 0.6 is 23.1 Å².